The summed E-state index contributed by atoms with van der Waals surface area (Å²) in [6.45, 7) is 0. The number of hydrogen-bond donors (Lipinski definition) is 2. The third kappa shape index (κ3) is 0.792. The molecule has 3 aromatic heterocycles. The Hall–Kier alpha value is -2.24. The molecular formula is C8H7N5O. The van der Waals surface area contributed by atoms with E-state index in [4.69, 9.17) is 10.2 Å². The maximum atomic E-state index is 5.84. The Kier molecular flexibility index (Phi) is 1.22. The lowest BCUT2D eigenvalue weighted by molar-refractivity contribution is 0.580. The van der Waals surface area contributed by atoms with E-state index >= 15 is 0 Å². The van der Waals surface area contributed by atoms with Gasteiger partial charge in [-0.25, -0.2) is 14.5 Å². The molecule has 0 radical (unpaired) electrons. The minimum atomic E-state index is 0.493. The molecule has 0 spiro atoms. The first-order valence-electron chi connectivity index (χ1n) is 4.07. The Labute approximate surface area is 78.4 Å². The fourth-order valence-electron chi connectivity index (χ4n) is 1.37. The number of hydrogen-bond acceptors (Lipinski definition) is 4. The highest BCUT2D eigenvalue weighted by Crippen LogP contribution is 2.24. The van der Waals surface area contributed by atoms with Crippen LogP contribution in [0.5, 0.6) is 0 Å². The topological polar surface area (TPSA) is 85.1 Å². The van der Waals surface area contributed by atoms with Crippen molar-refractivity contribution in [2.24, 2.45) is 0 Å². The fraction of sp³-hybridized carbons (Fsp3) is 0. The van der Waals surface area contributed by atoms with Gasteiger partial charge in [-0.2, -0.15) is 0 Å². The fourth-order valence-corrected chi connectivity index (χ4v) is 1.37. The molecule has 0 aliphatic rings. The van der Waals surface area contributed by atoms with Gasteiger partial charge < -0.3 is 10.2 Å². The van der Waals surface area contributed by atoms with E-state index in [1.165, 1.54) is 6.33 Å². The van der Waals surface area contributed by atoms with Crippen molar-refractivity contribution in [3.8, 4) is 11.5 Å². The molecule has 0 bridgehead atoms. The molecule has 0 saturated carbocycles. The molecule has 6 heteroatoms. The van der Waals surface area contributed by atoms with E-state index in [-0.39, 0.29) is 0 Å². The first-order valence-corrected chi connectivity index (χ1v) is 4.07. The average Bonchev–Trinajstić information content (AvgIpc) is 2.84. The van der Waals surface area contributed by atoms with E-state index in [1.54, 1.807) is 22.9 Å². The number of nitrogens with zero attached hydrogens (tertiary/aromatic N) is 3. The Morgan fingerprint density at radius 2 is 2.43 bits per heavy atom. The molecule has 70 valence electrons. The number of nitrogens with one attached hydrogen (secondary N) is 1. The molecule has 0 atom stereocenters. The third-order valence-electron chi connectivity index (χ3n) is 2.02. The number of fused-ring (bicyclic) bond motifs is 1. The largest absolute Gasteiger partial charge is 0.463 e. The highest BCUT2D eigenvalue weighted by molar-refractivity contribution is 5.69. The van der Waals surface area contributed by atoms with Gasteiger partial charge in [-0.15, -0.1) is 0 Å². The van der Waals surface area contributed by atoms with Crippen LogP contribution in [0.15, 0.2) is 29.1 Å². The molecule has 0 aliphatic heterocycles. The second kappa shape index (κ2) is 2.38. The van der Waals surface area contributed by atoms with Gasteiger partial charge in [0.25, 0.3) is 5.78 Å². The minimum Gasteiger partial charge on any atom is -0.463 e. The molecule has 0 unspecified atom stereocenters. The number of anilines is 1. The second-order valence-corrected chi connectivity index (χ2v) is 2.85. The first-order chi connectivity index (χ1) is 6.86. The van der Waals surface area contributed by atoms with E-state index in [2.05, 4.69) is 15.1 Å². The number of aromatic nitrogens is 4. The van der Waals surface area contributed by atoms with Crippen molar-refractivity contribution in [1.29, 1.82) is 0 Å². The standard InChI is InChI=1S/C8H7N5O/c9-7-6(5-2-1-3-14-5)12-8-10-4-11-13(7)8/h1-4H,9H2,(H,10,11,12). The summed E-state index contributed by atoms with van der Waals surface area (Å²) in [6.07, 6.45) is 3.11. The van der Waals surface area contributed by atoms with E-state index in [1.807, 2.05) is 0 Å². The van der Waals surface area contributed by atoms with Crippen molar-refractivity contribution < 1.29 is 4.42 Å². The van der Waals surface area contributed by atoms with Crippen molar-refractivity contribution in [2.45, 2.75) is 0 Å². The highest BCUT2D eigenvalue weighted by atomic mass is 16.3. The van der Waals surface area contributed by atoms with Crippen molar-refractivity contribution in [2.75, 3.05) is 5.73 Å². The molecule has 3 heterocycles. The molecular weight excluding hydrogens is 182 g/mol. The Bertz CT molecular complexity index is 562. The van der Waals surface area contributed by atoms with Crippen LogP contribution in [0.3, 0.4) is 0 Å². The molecule has 3 rings (SSSR count). The van der Waals surface area contributed by atoms with Crippen LogP contribution in [0, 0.1) is 0 Å². The number of rotatable bonds is 1. The lowest BCUT2D eigenvalue weighted by Gasteiger charge is -1.92. The van der Waals surface area contributed by atoms with Gasteiger partial charge >= 0.3 is 0 Å². The number of nitrogen functional groups attached to an aromatic ring is 1. The van der Waals surface area contributed by atoms with Gasteiger partial charge in [0.2, 0.25) is 0 Å². The zero-order valence-electron chi connectivity index (χ0n) is 7.14. The molecule has 0 amide bonds. The summed E-state index contributed by atoms with van der Waals surface area (Å²) in [5.74, 6) is 1.67. The van der Waals surface area contributed by atoms with Gasteiger partial charge in [-0.05, 0) is 12.1 Å². The summed E-state index contributed by atoms with van der Waals surface area (Å²) in [6, 6.07) is 3.59. The van der Waals surface area contributed by atoms with Gasteiger partial charge in [0.05, 0.1) is 6.26 Å². The number of H-pyrrole nitrogens is 1. The SMILES string of the molecule is Nc1c(-c2ccco2)nc2nc[nH]n12. The van der Waals surface area contributed by atoms with Gasteiger partial charge in [0, 0.05) is 0 Å². The van der Waals surface area contributed by atoms with Crippen LogP contribution in [0.25, 0.3) is 17.2 Å². The second-order valence-electron chi connectivity index (χ2n) is 2.85. The van der Waals surface area contributed by atoms with Crippen LogP contribution in [-0.2, 0) is 0 Å². The zero-order chi connectivity index (χ0) is 9.54. The van der Waals surface area contributed by atoms with E-state index in [0.717, 1.165) is 0 Å². The Morgan fingerprint density at radius 3 is 3.14 bits per heavy atom. The summed E-state index contributed by atoms with van der Waals surface area (Å²) in [5, 5.41) is 2.85. The Morgan fingerprint density at radius 1 is 1.50 bits per heavy atom. The van der Waals surface area contributed by atoms with Crippen LogP contribution in [0.1, 0.15) is 0 Å². The maximum Gasteiger partial charge on any atom is 0.253 e. The van der Waals surface area contributed by atoms with Gasteiger partial charge in [0.1, 0.15) is 6.33 Å². The first kappa shape index (κ1) is 7.19. The normalized spacial score (nSPS) is 11.1. The summed E-state index contributed by atoms with van der Waals surface area (Å²) >= 11 is 0. The summed E-state index contributed by atoms with van der Waals surface area (Å²) in [4.78, 5) is 8.20. The van der Waals surface area contributed by atoms with Crippen molar-refractivity contribution in [1.82, 2.24) is 19.6 Å². The molecule has 0 fully saturated rings. The monoisotopic (exact) mass is 189 g/mol. The van der Waals surface area contributed by atoms with Crippen molar-refractivity contribution >= 4 is 11.6 Å². The van der Waals surface area contributed by atoms with Crippen LogP contribution in [-0.4, -0.2) is 19.6 Å². The quantitative estimate of drug-likeness (QED) is 0.595. The van der Waals surface area contributed by atoms with Gasteiger partial charge in [-0.3, -0.25) is 5.10 Å². The lowest BCUT2D eigenvalue weighted by atomic mass is 10.3. The highest BCUT2D eigenvalue weighted by Gasteiger charge is 2.14. The van der Waals surface area contributed by atoms with E-state index < -0.39 is 0 Å². The predicted octanol–water partition coefficient (Wildman–Crippen LogP) is 0.900. The summed E-state index contributed by atoms with van der Waals surface area (Å²) < 4.78 is 6.80. The summed E-state index contributed by atoms with van der Waals surface area (Å²) in [7, 11) is 0. The van der Waals surface area contributed by atoms with Gasteiger partial charge in [0.15, 0.2) is 17.3 Å². The van der Waals surface area contributed by atoms with Crippen molar-refractivity contribution in [3.05, 3.63) is 24.7 Å². The number of nitrogens with two attached hydrogens (primary N) is 1. The van der Waals surface area contributed by atoms with Crippen molar-refractivity contribution in [3.63, 3.8) is 0 Å². The molecule has 0 aliphatic carbocycles. The van der Waals surface area contributed by atoms with Crippen LogP contribution >= 0.6 is 0 Å². The van der Waals surface area contributed by atoms with Gasteiger partial charge in [-0.1, -0.05) is 0 Å². The summed E-state index contributed by atoms with van der Waals surface area (Å²) in [5.41, 5.74) is 6.45. The Balaban J connectivity index is 2.32. The molecule has 0 aromatic carbocycles. The van der Waals surface area contributed by atoms with Crippen LogP contribution < -0.4 is 5.73 Å². The van der Waals surface area contributed by atoms with E-state index in [0.29, 0.717) is 23.0 Å². The zero-order valence-corrected chi connectivity index (χ0v) is 7.14. The molecule has 3 aromatic rings. The average molecular weight is 189 g/mol. The molecule has 14 heavy (non-hydrogen) atoms. The number of imidazole rings is 1. The number of aromatic amines is 1. The third-order valence-corrected chi connectivity index (χ3v) is 2.02. The van der Waals surface area contributed by atoms with Crippen LogP contribution in [0.4, 0.5) is 5.82 Å². The molecule has 0 saturated heterocycles. The molecule has 6 nitrogen and oxygen atoms in total. The molecule has 3 N–H and O–H groups in total. The lowest BCUT2D eigenvalue weighted by Crippen LogP contribution is -1.93. The predicted molar refractivity (Wildman–Crippen MR) is 49.5 cm³/mol. The van der Waals surface area contributed by atoms with Crippen LogP contribution in [0.2, 0.25) is 0 Å². The van der Waals surface area contributed by atoms with E-state index in [9.17, 15) is 0 Å². The maximum absolute atomic E-state index is 5.84. The smallest absolute Gasteiger partial charge is 0.253 e. The number of furan rings is 1. The minimum absolute atomic E-state index is 0.493.